The van der Waals surface area contributed by atoms with Crippen LogP contribution in [0.2, 0.25) is 0 Å². The summed E-state index contributed by atoms with van der Waals surface area (Å²) in [4.78, 5) is 56.0. The van der Waals surface area contributed by atoms with Crippen LogP contribution in [0.3, 0.4) is 0 Å². The third kappa shape index (κ3) is 10.8. The minimum atomic E-state index is -0.789. The Kier molecular flexibility index (Phi) is 14.9. The Hall–Kier alpha value is -3.82. The van der Waals surface area contributed by atoms with Gasteiger partial charge >= 0.3 is 11.9 Å². The number of piperazine rings is 1. The first-order valence-corrected chi connectivity index (χ1v) is 20.7. The van der Waals surface area contributed by atoms with E-state index in [0.717, 1.165) is 53.9 Å². The minimum absolute atomic E-state index is 0.0424. The first-order valence-electron chi connectivity index (χ1n) is 20.7. The summed E-state index contributed by atoms with van der Waals surface area (Å²) in [5.41, 5.74) is 6.13. The fourth-order valence-electron chi connectivity index (χ4n) is 8.29. The number of aryl methyl sites for hydroxylation is 2. The van der Waals surface area contributed by atoms with E-state index in [1.54, 1.807) is 0 Å². The van der Waals surface area contributed by atoms with Crippen molar-refractivity contribution in [3.05, 3.63) is 75.4 Å². The number of allylic oxidation sites excluding steroid dienone is 1. The number of amides is 1. The molecule has 9 nitrogen and oxygen atoms in total. The monoisotopic (exact) mass is 773 g/mol. The second-order valence-electron chi connectivity index (χ2n) is 17.7. The lowest BCUT2D eigenvalue weighted by Gasteiger charge is -2.45. The molecule has 9 heteroatoms. The Labute approximate surface area is 336 Å². The number of hydrogen-bond acceptors (Lipinski definition) is 8. The number of Topliss-reactive ketones (excluding diaryl/α,β-unsaturated/α-hetero) is 1. The van der Waals surface area contributed by atoms with E-state index in [4.69, 9.17) is 14.2 Å². The molecular formula is C47H68N2O7. The van der Waals surface area contributed by atoms with E-state index >= 15 is 0 Å². The first kappa shape index (κ1) is 44.9. The number of hydrogen-bond donors (Lipinski definition) is 0. The van der Waals surface area contributed by atoms with Crippen molar-refractivity contribution < 1.29 is 33.4 Å². The zero-order valence-corrected chi connectivity index (χ0v) is 36.4. The van der Waals surface area contributed by atoms with Crippen molar-refractivity contribution in [3.63, 3.8) is 0 Å². The summed E-state index contributed by atoms with van der Waals surface area (Å²) >= 11 is 0. The lowest BCUT2D eigenvalue weighted by Crippen LogP contribution is -2.53. The van der Waals surface area contributed by atoms with Crippen molar-refractivity contribution in [2.75, 3.05) is 32.7 Å². The number of carbonyl (C=O) groups is 4. The van der Waals surface area contributed by atoms with Gasteiger partial charge in [0.1, 0.15) is 18.0 Å². The molecule has 1 amide bonds. The minimum Gasteiger partial charge on any atom is -0.458 e. The second-order valence-corrected chi connectivity index (χ2v) is 17.7. The number of carbonyl (C=O) groups excluding carboxylic acids is 4. The van der Waals surface area contributed by atoms with Crippen LogP contribution in [-0.2, 0) is 39.8 Å². The van der Waals surface area contributed by atoms with Crippen LogP contribution in [0.25, 0.3) is 6.08 Å². The third-order valence-corrected chi connectivity index (χ3v) is 12.0. The largest absolute Gasteiger partial charge is 0.458 e. The van der Waals surface area contributed by atoms with E-state index in [2.05, 4.69) is 76.8 Å². The average molecular weight is 773 g/mol. The lowest BCUT2D eigenvalue weighted by atomic mass is 9.76. The molecule has 2 aromatic carbocycles. The van der Waals surface area contributed by atoms with Crippen LogP contribution in [0.4, 0.5) is 0 Å². The zero-order valence-electron chi connectivity index (χ0n) is 36.4. The number of likely N-dealkylation sites (N-methyl/N-ethyl adjacent to an activating group) is 1. The summed E-state index contributed by atoms with van der Waals surface area (Å²) in [6.07, 6.45) is 3.34. The van der Waals surface area contributed by atoms with E-state index in [0.29, 0.717) is 19.5 Å². The Morgan fingerprint density at radius 2 is 1.50 bits per heavy atom. The molecule has 2 aliphatic rings. The Morgan fingerprint density at radius 3 is 2.05 bits per heavy atom. The van der Waals surface area contributed by atoms with Crippen LogP contribution < -0.4 is 0 Å². The van der Waals surface area contributed by atoms with Crippen LogP contribution in [0, 0.1) is 30.6 Å². The lowest BCUT2D eigenvalue weighted by molar-refractivity contribution is -0.225. The van der Waals surface area contributed by atoms with E-state index in [9.17, 15) is 19.2 Å². The number of benzene rings is 2. The molecular weight excluding hydrogens is 705 g/mol. The predicted molar refractivity (Wildman–Crippen MR) is 222 cm³/mol. The maximum absolute atomic E-state index is 13.7. The third-order valence-electron chi connectivity index (χ3n) is 12.0. The highest BCUT2D eigenvalue weighted by atomic mass is 16.6. The van der Waals surface area contributed by atoms with Gasteiger partial charge in [-0.05, 0) is 91.9 Å². The summed E-state index contributed by atoms with van der Waals surface area (Å²) in [5.74, 6) is -0.673. The molecule has 308 valence electrons. The number of esters is 2. The van der Waals surface area contributed by atoms with E-state index in [1.165, 1.54) is 25.0 Å². The Balaban J connectivity index is 1.57. The molecule has 56 heavy (non-hydrogen) atoms. The summed E-state index contributed by atoms with van der Waals surface area (Å²) in [6, 6.07) is 10.8. The fourth-order valence-corrected chi connectivity index (χ4v) is 8.29. The fraction of sp³-hybridized carbons (Fsp3) is 0.617. The molecule has 5 atom stereocenters. The van der Waals surface area contributed by atoms with Crippen molar-refractivity contribution in [1.29, 1.82) is 0 Å². The molecule has 0 spiro atoms. The topological polar surface area (TPSA) is 102 Å². The van der Waals surface area contributed by atoms with Crippen molar-refractivity contribution in [1.82, 2.24) is 9.80 Å². The van der Waals surface area contributed by atoms with E-state index < -0.39 is 41.1 Å². The maximum atomic E-state index is 13.7. The maximum Gasteiger partial charge on any atom is 0.303 e. The number of ether oxygens (including phenoxy) is 3. The molecule has 0 aromatic heterocycles. The summed E-state index contributed by atoms with van der Waals surface area (Å²) in [5, 5.41) is 0. The van der Waals surface area contributed by atoms with Crippen LogP contribution >= 0.6 is 0 Å². The van der Waals surface area contributed by atoms with Crippen molar-refractivity contribution in [2.45, 2.75) is 140 Å². The molecule has 0 bridgehead atoms. The molecule has 2 aliphatic heterocycles. The molecule has 0 unspecified atom stereocenters. The normalized spacial score (nSPS) is 22.4. The van der Waals surface area contributed by atoms with Crippen molar-refractivity contribution >= 4 is 29.7 Å². The zero-order chi connectivity index (χ0) is 41.7. The number of nitrogens with zero attached hydrogens (tertiary/aromatic N) is 2. The molecule has 0 N–H and O–H groups in total. The number of rotatable bonds is 14. The molecule has 2 fully saturated rings. The highest BCUT2D eigenvalue weighted by Crippen LogP contribution is 2.42. The number of ketones is 1. The van der Waals surface area contributed by atoms with Crippen LogP contribution in [-0.4, -0.2) is 84.5 Å². The van der Waals surface area contributed by atoms with Crippen molar-refractivity contribution in [2.24, 2.45) is 16.7 Å². The molecule has 0 saturated carbocycles. The van der Waals surface area contributed by atoms with E-state index in [-0.39, 0.29) is 36.1 Å². The molecule has 2 saturated heterocycles. The Morgan fingerprint density at radius 1 is 0.875 bits per heavy atom. The Bertz CT molecular complexity index is 1770. The van der Waals surface area contributed by atoms with Crippen LogP contribution in [0.5, 0.6) is 0 Å². The molecule has 0 aliphatic carbocycles. The van der Waals surface area contributed by atoms with Gasteiger partial charge in [-0.3, -0.25) is 19.2 Å². The SMILES string of the molecule is CC[C@H]1O[C@@H](c2cc(Cc3ccc(/C=C/C(C)(C)C(=O)CC(C)(C)C(=O)N4CCN(CC)CC4)cc3C)c(C(C)C)cc2C)[C@H](OC(C)=O)[C@@H](OC(C)=O)[C@@H]1C. The van der Waals surface area contributed by atoms with Gasteiger partial charge in [0.25, 0.3) is 0 Å². The van der Waals surface area contributed by atoms with Crippen molar-refractivity contribution in [3.8, 4) is 0 Å². The quantitative estimate of drug-likeness (QED) is 0.176. The summed E-state index contributed by atoms with van der Waals surface area (Å²) < 4.78 is 18.4. The van der Waals surface area contributed by atoms with Gasteiger partial charge in [-0.25, -0.2) is 0 Å². The average Bonchev–Trinajstić information content (AvgIpc) is 3.13. The highest BCUT2D eigenvalue weighted by Gasteiger charge is 2.48. The van der Waals surface area contributed by atoms with E-state index in [1.807, 2.05) is 51.7 Å². The molecule has 0 radical (unpaired) electrons. The molecule has 4 rings (SSSR count). The highest BCUT2D eigenvalue weighted by molar-refractivity contribution is 5.93. The van der Waals surface area contributed by atoms with Gasteiger partial charge in [0.15, 0.2) is 6.10 Å². The van der Waals surface area contributed by atoms with Gasteiger partial charge in [-0.2, -0.15) is 0 Å². The van der Waals surface area contributed by atoms with Crippen LogP contribution in [0.1, 0.15) is 140 Å². The molecule has 2 aromatic rings. The van der Waals surface area contributed by atoms with Gasteiger partial charge in [-0.15, -0.1) is 0 Å². The van der Waals surface area contributed by atoms with Crippen LogP contribution in [0.15, 0.2) is 36.4 Å². The first-order chi connectivity index (χ1) is 26.2. The smallest absolute Gasteiger partial charge is 0.303 e. The predicted octanol–water partition coefficient (Wildman–Crippen LogP) is 8.56. The standard InChI is InChI=1S/C47H68N2O7/c1-14-40-32(7)42(54-33(8)50)44(55-34(9)51)43(56-40)39-27-37(38(29(3)4)25-31(39)6)26-36-17-16-35(24-30(36)5)18-19-46(10,11)41(52)28-47(12,13)45(53)49-22-20-48(15-2)21-23-49/h16-19,24-25,27,29,32,40,42-44H,14-15,20-23,26,28H2,1-13H3/b19-18+/t32-,40-,42+,43+,44-/m1/s1. The van der Waals surface area contributed by atoms with Gasteiger partial charge in [-0.1, -0.05) is 91.0 Å². The summed E-state index contributed by atoms with van der Waals surface area (Å²) in [6.45, 7) is 29.3. The second kappa shape index (κ2) is 18.6. The molecule has 2 heterocycles. The van der Waals surface area contributed by atoms with Gasteiger partial charge in [0.05, 0.1) is 11.5 Å². The van der Waals surface area contributed by atoms with Gasteiger partial charge < -0.3 is 24.0 Å². The van der Waals surface area contributed by atoms with Gasteiger partial charge in [0, 0.05) is 57.8 Å². The van der Waals surface area contributed by atoms with Gasteiger partial charge in [0.2, 0.25) is 5.91 Å². The summed E-state index contributed by atoms with van der Waals surface area (Å²) in [7, 11) is 0.